The minimum absolute atomic E-state index is 0.0380. The summed E-state index contributed by atoms with van der Waals surface area (Å²) in [6.07, 6.45) is 6.29. The number of unbranched alkanes of at least 4 members (excludes halogenated alkanes) is 3. The van der Waals surface area contributed by atoms with E-state index in [-0.39, 0.29) is 12.1 Å². The van der Waals surface area contributed by atoms with Gasteiger partial charge in [0.05, 0.1) is 12.5 Å². The van der Waals surface area contributed by atoms with Crippen molar-refractivity contribution in [3.63, 3.8) is 0 Å². The molecule has 1 unspecified atom stereocenters. The third-order valence-electron chi connectivity index (χ3n) is 3.23. The highest BCUT2D eigenvalue weighted by molar-refractivity contribution is 5.70. The molecule has 0 radical (unpaired) electrons. The molecule has 20 heavy (non-hydrogen) atoms. The van der Waals surface area contributed by atoms with Crippen LogP contribution < -0.4 is 5.32 Å². The van der Waals surface area contributed by atoms with Gasteiger partial charge in [-0.05, 0) is 31.9 Å². The predicted molar refractivity (Wildman–Crippen MR) is 83.9 cm³/mol. The lowest BCUT2D eigenvalue weighted by Crippen LogP contribution is -2.17. The number of para-hydroxylation sites is 1. The van der Waals surface area contributed by atoms with Gasteiger partial charge in [0.2, 0.25) is 0 Å². The first-order chi connectivity index (χ1) is 9.72. The third-order valence-corrected chi connectivity index (χ3v) is 3.23. The molecule has 0 amide bonds. The molecule has 3 nitrogen and oxygen atoms in total. The summed E-state index contributed by atoms with van der Waals surface area (Å²) in [5.41, 5.74) is 1.04. The number of hydrogen-bond donors (Lipinski definition) is 1. The Hall–Kier alpha value is -1.51. The summed E-state index contributed by atoms with van der Waals surface area (Å²) >= 11 is 0. The molecule has 0 fully saturated rings. The van der Waals surface area contributed by atoms with Crippen molar-refractivity contribution in [1.29, 1.82) is 0 Å². The molecule has 0 aromatic heterocycles. The van der Waals surface area contributed by atoms with E-state index < -0.39 is 0 Å². The highest BCUT2D eigenvalue weighted by Gasteiger charge is 2.08. The summed E-state index contributed by atoms with van der Waals surface area (Å²) < 4.78 is 5.39. The second kappa shape index (κ2) is 10.3. The van der Waals surface area contributed by atoms with Gasteiger partial charge in [0.25, 0.3) is 0 Å². The normalized spacial score (nSPS) is 11.9. The van der Waals surface area contributed by atoms with Gasteiger partial charge in [0.1, 0.15) is 0 Å². The van der Waals surface area contributed by atoms with Crippen LogP contribution in [0.4, 0.5) is 5.69 Å². The van der Waals surface area contributed by atoms with Crippen molar-refractivity contribution in [1.82, 2.24) is 0 Å². The molecule has 0 saturated heterocycles. The Kier molecular flexibility index (Phi) is 8.52. The molecule has 0 bridgehead atoms. The SMILES string of the molecule is CCCCCCC(C)OC(=O)CCNc1ccccc1. The number of esters is 1. The minimum atomic E-state index is -0.114. The predicted octanol–water partition coefficient (Wildman–Crippen LogP) is 4.39. The van der Waals surface area contributed by atoms with Crippen molar-refractivity contribution in [2.45, 2.75) is 58.5 Å². The molecule has 1 rings (SSSR count). The van der Waals surface area contributed by atoms with Gasteiger partial charge in [-0.1, -0.05) is 44.4 Å². The maximum absolute atomic E-state index is 11.7. The maximum Gasteiger partial charge on any atom is 0.307 e. The van der Waals surface area contributed by atoms with Crippen LogP contribution in [0.5, 0.6) is 0 Å². The molecule has 0 aliphatic carbocycles. The van der Waals surface area contributed by atoms with Gasteiger partial charge >= 0.3 is 5.97 Å². The molecule has 3 heteroatoms. The number of benzene rings is 1. The lowest BCUT2D eigenvalue weighted by molar-refractivity contribution is -0.148. The van der Waals surface area contributed by atoms with E-state index in [1.54, 1.807) is 0 Å². The summed E-state index contributed by atoms with van der Waals surface area (Å²) in [5.74, 6) is -0.114. The number of anilines is 1. The molecule has 0 aliphatic heterocycles. The van der Waals surface area contributed by atoms with Gasteiger partial charge in [0, 0.05) is 12.2 Å². The van der Waals surface area contributed by atoms with Crippen molar-refractivity contribution >= 4 is 11.7 Å². The fourth-order valence-corrected chi connectivity index (χ4v) is 2.07. The van der Waals surface area contributed by atoms with Gasteiger partial charge in [-0.3, -0.25) is 4.79 Å². The first-order valence-corrected chi connectivity index (χ1v) is 7.70. The highest BCUT2D eigenvalue weighted by Crippen LogP contribution is 2.09. The Morgan fingerprint density at radius 3 is 2.65 bits per heavy atom. The monoisotopic (exact) mass is 277 g/mol. The molecular weight excluding hydrogens is 250 g/mol. The zero-order chi connectivity index (χ0) is 14.6. The summed E-state index contributed by atoms with van der Waals surface area (Å²) in [7, 11) is 0. The van der Waals surface area contributed by atoms with Gasteiger partial charge in [-0.2, -0.15) is 0 Å². The van der Waals surface area contributed by atoms with Crippen LogP contribution in [0.2, 0.25) is 0 Å². The average Bonchev–Trinajstić information content (AvgIpc) is 2.45. The van der Waals surface area contributed by atoms with E-state index in [2.05, 4.69) is 12.2 Å². The van der Waals surface area contributed by atoms with E-state index in [9.17, 15) is 4.79 Å². The molecule has 1 aromatic rings. The van der Waals surface area contributed by atoms with Gasteiger partial charge in [-0.15, -0.1) is 0 Å². The second-order valence-corrected chi connectivity index (χ2v) is 5.19. The Balaban J connectivity index is 2.07. The minimum Gasteiger partial charge on any atom is -0.463 e. The Bertz CT molecular complexity index is 365. The van der Waals surface area contributed by atoms with Crippen molar-refractivity contribution in [2.75, 3.05) is 11.9 Å². The summed E-state index contributed by atoms with van der Waals surface area (Å²) in [6, 6.07) is 9.89. The standard InChI is InChI=1S/C17H27NO2/c1-3-4-5-7-10-15(2)20-17(19)13-14-18-16-11-8-6-9-12-16/h6,8-9,11-12,15,18H,3-5,7,10,13-14H2,1-2H3. The fourth-order valence-electron chi connectivity index (χ4n) is 2.07. The van der Waals surface area contributed by atoms with Crippen LogP contribution in [-0.4, -0.2) is 18.6 Å². The van der Waals surface area contributed by atoms with Crippen LogP contribution in [0.1, 0.15) is 52.4 Å². The van der Waals surface area contributed by atoms with Crippen LogP contribution in [-0.2, 0) is 9.53 Å². The van der Waals surface area contributed by atoms with Crippen molar-refractivity contribution in [3.05, 3.63) is 30.3 Å². The van der Waals surface area contributed by atoms with E-state index in [1.165, 1.54) is 19.3 Å². The van der Waals surface area contributed by atoms with Crippen molar-refractivity contribution in [2.24, 2.45) is 0 Å². The molecule has 112 valence electrons. The third kappa shape index (κ3) is 7.82. The number of hydrogen-bond acceptors (Lipinski definition) is 3. The molecule has 1 aromatic carbocycles. The number of carbonyl (C=O) groups is 1. The smallest absolute Gasteiger partial charge is 0.307 e. The summed E-state index contributed by atoms with van der Waals surface area (Å²) in [6.45, 7) is 4.79. The maximum atomic E-state index is 11.7. The van der Waals surface area contributed by atoms with E-state index in [4.69, 9.17) is 4.74 Å². The zero-order valence-corrected chi connectivity index (χ0v) is 12.7. The Morgan fingerprint density at radius 1 is 1.20 bits per heavy atom. The van der Waals surface area contributed by atoms with Gasteiger partial charge in [0.15, 0.2) is 0 Å². The quantitative estimate of drug-likeness (QED) is 0.509. The Labute approximate surface area is 122 Å². The number of nitrogens with one attached hydrogen (secondary N) is 1. The first-order valence-electron chi connectivity index (χ1n) is 7.70. The molecule has 1 N–H and O–H groups in total. The number of ether oxygens (including phenoxy) is 1. The second-order valence-electron chi connectivity index (χ2n) is 5.19. The van der Waals surface area contributed by atoms with Crippen LogP contribution >= 0.6 is 0 Å². The number of carbonyl (C=O) groups excluding carboxylic acids is 1. The summed E-state index contributed by atoms with van der Waals surface area (Å²) in [4.78, 5) is 11.7. The van der Waals surface area contributed by atoms with E-state index in [0.717, 1.165) is 18.5 Å². The van der Waals surface area contributed by atoms with E-state index in [0.29, 0.717) is 13.0 Å². The van der Waals surface area contributed by atoms with Crippen molar-refractivity contribution < 1.29 is 9.53 Å². The van der Waals surface area contributed by atoms with Gasteiger partial charge in [-0.25, -0.2) is 0 Å². The lowest BCUT2D eigenvalue weighted by atomic mass is 10.1. The molecule has 0 heterocycles. The molecule has 0 spiro atoms. The largest absolute Gasteiger partial charge is 0.463 e. The average molecular weight is 277 g/mol. The molecule has 0 aliphatic rings. The van der Waals surface area contributed by atoms with Gasteiger partial charge < -0.3 is 10.1 Å². The fraction of sp³-hybridized carbons (Fsp3) is 0.588. The van der Waals surface area contributed by atoms with E-state index in [1.807, 2.05) is 37.3 Å². The van der Waals surface area contributed by atoms with E-state index >= 15 is 0 Å². The molecular formula is C17H27NO2. The molecule has 1 atom stereocenters. The van der Waals surface area contributed by atoms with Crippen LogP contribution in [0.25, 0.3) is 0 Å². The van der Waals surface area contributed by atoms with Crippen LogP contribution in [0, 0.1) is 0 Å². The van der Waals surface area contributed by atoms with Crippen LogP contribution in [0.3, 0.4) is 0 Å². The van der Waals surface area contributed by atoms with Crippen molar-refractivity contribution in [3.8, 4) is 0 Å². The zero-order valence-electron chi connectivity index (χ0n) is 12.7. The van der Waals surface area contributed by atoms with Crippen LogP contribution in [0.15, 0.2) is 30.3 Å². The molecule has 0 saturated carbocycles. The topological polar surface area (TPSA) is 38.3 Å². The Morgan fingerprint density at radius 2 is 1.95 bits per heavy atom. The number of rotatable bonds is 10. The summed E-state index contributed by atoms with van der Waals surface area (Å²) in [5, 5.41) is 3.21. The highest BCUT2D eigenvalue weighted by atomic mass is 16.5. The first kappa shape index (κ1) is 16.5. The lowest BCUT2D eigenvalue weighted by Gasteiger charge is -2.13.